The lowest BCUT2D eigenvalue weighted by Crippen LogP contribution is -2.19. The fraction of sp³-hybridized carbons (Fsp3) is 0.333. The molecular formula is C18H22ClNO. The highest BCUT2D eigenvalue weighted by molar-refractivity contribution is 6.32. The van der Waals surface area contributed by atoms with Gasteiger partial charge in [0.2, 0.25) is 0 Å². The third-order valence-electron chi connectivity index (χ3n) is 3.48. The number of hydrogen-bond acceptors (Lipinski definition) is 2. The summed E-state index contributed by atoms with van der Waals surface area (Å²) in [6, 6.07) is 16.1. The molecule has 0 aliphatic carbocycles. The number of nitrogens with one attached hydrogen (secondary N) is 1. The lowest BCUT2D eigenvalue weighted by Gasteiger charge is -2.13. The third-order valence-corrected chi connectivity index (χ3v) is 3.79. The van der Waals surface area contributed by atoms with Gasteiger partial charge in [0.15, 0.2) is 0 Å². The van der Waals surface area contributed by atoms with Crippen LogP contribution >= 0.6 is 11.6 Å². The summed E-state index contributed by atoms with van der Waals surface area (Å²) in [6.45, 7) is 6.91. The molecule has 0 bridgehead atoms. The molecule has 112 valence electrons. The second kappa shape index (κ2) is 8.06. The van der Waals surface area contributed by atoms with E-state index in [0.717, 1.165) is 24.4 Å². The highest BCUT2D eigenvalue weighted by Gasteiger charge is 2.05. The Hall–Kier alpha value is -1.51. The molecule has 0 radical (unpaired) electrons. The van der Waals surface area contributed by atoms with Gasteiger partial charge < -0.3 is 10.1 Å². The number of hydrogen-bond donors (Lipinski definition) is 1. The first-order valence-electron chi connectivity index (χ1n) is 7.37. The van der Waals surface area contributed by atoms with Gasteiger partial charge in [0.25, 0.3) is 0 Å². The van der Waals surface area contributed by atoms with Gasteiger partial charge in [-0.2, -0.15) is 0 Å². The standard InChI is InChI=1S/C18H22ClNO/c1-3-20-12-14(2)16-10-8-15(9-11-16)13-21-18-7-5-4-6-17(18)19/h4-11,14,20H,3,12-13H2,1-2H3. The predicted molar refractivity (Wildman–Crippen MR) is 89.2 cm³/mol. The van der Waals surface area contributed by atoms with E-state index >= 15 is 0 Å². The fourth-order valence-corrected chi connectivity index (χ4v) is 2.33. The van der Waals surface area contributed by atoms with Crippen LogP contribution < -0.4 is 10.1 Å². The van der Waals surface area contributed by atoms with Gasteiger partial charge in [-0.3, -0.25) is 0 Å². The largest absolute Gasteiger partial charge is 0.487 e. The summed E-state index contributed by atoms with van der Waals surface area (Å²) >= 11 is 6.07. The van der Waals surface area contributed by atoms with E-state index in [9.17, 15) is 0 Å². The van der Waals surface area contributed by atoms with Crippen LogP contribution in [0.15, 0.2) is 48.5 Å². The van der Waals surface area contributed by atoms with E-state index in [0.29, 0.717) is 17.5 Å². The van der Waals surface area contributed by atoms with Crippen molar-refractivity contribution >= 4 is 11.6 Å². The van der Waals surface area contributed by atoms with Gasteiger partial charge in [-0.25, -0.2) is 0 Å². The maximum Gasteiger partial charge on any atom is 0.138 e. The van der Waals surface area contributed by atoms with E-state index in [1.54, 1.807) is 0 Å². The van der Waals surface area contributed by atoms with Gasteiger partial charge in [-0.1, -0.05) is 61.8 Å². The van der Waals surface area contributed by atoms with Crippen molar-refractivity contribution in [3.8, 4) is 5.75 Å². The summed E-state index contributed by atoms with van der Waals surface area (Å²) < 4.78 is 5.74. The Balaban J connectivity index is 1.92. The van der Waals surface area contributed by atoms with E-state index in [2.05, 4.69) is 43.4 Å². The van der Waals surface area contributed by atoms with E-state index < -0.39 is 0 Å². The lowest BCUT2D eigenvalue weighted by atomic mass is 10.00. The van der Waals surface area contributed by atoms with Gasteiger partial charge in [0.1, 0.15) is 12.4 Å². The van der Waals surface area contributed by atoms with Gasteiger partial charge in [-0.05, 0) is 35.7 Å². The van der Waals surface area contributed by atoms with Crippen molar-refractivity contribution in [1.82, 2.24) is 5.32 Å². The van der Waals surface area contributed by atoms with Crippen molar-refractivity contribution in [2.45, 2.75) is 26.4 Å². The summed E-state index contributed by atoms with van der Waals surface area (Å²) in [5.41, 5.74) is 2.49. The van der Waals surface area contributed by atoms with Crippen LogP contribution in [0.2, 0.25) is 5.02 Å². The minimum absolute atomic E-state index is 0.517. The third kappa shape index (κ3) is 4.76. The fourth-order valence-electron chi connectivity index (χ4n) is 2.14. The molecule has 1 N–H and O–H groups in total. The molecule has 2 aromatic carbocycles. The summed E-state index contributed by atoms with van der Waals surface area (Å²) in [5, 5.41) is 4.02. The molecule has 0 heterocycles. The Morgan fingerprint density at radius 2 is 1.81 bits per heavy atom. The van der Waals surface area contributed by atoms with Crippen molar-refractivity contribution in [3.63, 3.8) is 0 Å². The van der Waals surface area contributed by atoms with Crippen LogP contribution in [0.4, 0.5) is 0 Å². The minimum atomic E-state index is 0.517. The zero-order chi connectivity index (χ0) is 15.1. The van der Waals surface area contributed by atoms with E-state index in [1.807, 2.05) is 24.3 Å². The van der Waals surface area contributed by atoms with Crippen LogP contribution in [-0.2, 0) is 6.61 Å². The molecule has 0 saturated carbocycles. The molecule has 1 unspecified atom stereocenters. The van der Waals surface area contributed by atoms with Crippen molar-refractivity contribution in [1.29, 1.82) is 0 Å². The Labute approximate surface area is 132 Å². The average molecular weight is 304 g/mol. The molecule has 2 rings (SSSR count). The van der Waals surface area contributed by atoms with Crippen molar-refractivity contribution in [2.24, 2.45) is 0 Å². The van der Waals surface area contributed by atoms with Crippen LogP contribution in [0.25, 0.3) is 0 Å². The first kappa shape index (κ1) is 15.9. The highest BCUT2D eigenvalue weighted by Crippen LogP contribution is 2.24. The molecule has 2 nitrogen and oxygen atoms in total. The monoisotopic (exact) mass is 303 g/mol. The normalized spacial score (nSPS) is 12.1. The van der Waals surface area contributed by atoms with Crippen molar-refractivity contribution in [3.05, 3.63) is 64.7 Å². The van der Waals surface area contributed by atoms with Gasteiger partial charge in [0.05, 0.1) is 5.02 Å². The maximum atomic E-state index is 6.07. The van der Waals surface area contributed by atoms with Crippen molar-refractivity contribution < 1.29 is 4.74 Å². The van der Waals surface area contributed by atoms with Gasteiger partial charge >= 0.3 is 0 Å². The Kier molecular flexibility index (Phi) is 6.09. The quantitative estimate of drug-likeness (QED) is 0.805. The molecule has 0 aliphatic heterocycles. The molecule has 21 heavy (non-hydrogen) atoms. The van der Waals surface area contributed by atoms with Crippen LogP contribution in [0.1, 0.15) is 30.9 Å². The van der Waals surface area contributed by atoms with E-state index in [1.165, 1.54) is 5.56 Å². The summed E-state index contributed by atoms with van der Waals surface area (Å²) in [7, 11) is 0. The molecule has 2 aromatic rings. The van der Waals surface area contributed by atoms with Crippen LogP contribution in [0.5, 0.6) is 5.75 Å². The Bertz CT molecular complexity index is 553. The molecule has 0 spiro atoms. The maximum absolute atomic E-state index is 6.07. The summed E-state index contributed by atoms with van der Waals surface area (Å²) in [6.07, 6.45) is 0. The number of likely N-dealkylation sites (N-methyl/N-ethyl adjacent to an activating group) is 1. The summed E-state index contributed by atoms with van der Waals surface area (Å²) in [5.74, 6) is 1.24. The first-order chi connectivity index (χ1) is 10.2. The SMILES string of the molecule is CCNCC(C)c1ccc(COc2ccccc2Cl)cc1. The predicted octanol–water partition coefficient (Wildman–Crippen LogP) is 4.63. The zero-order valence-corrected chi connectivity index (χ0v) is 13.4. The van der Waals surface area contributed by atoms with Gasteiger partial charge in [-0.15, -0.1) is 0 Å². The van der Waals surface area contributed by atoms with E-state index in [4.69, 9.17) is 16.3 Å². The number of rotatable bonds is 7. The Morgan fingerprint density at radius 3 is 2.48 bits per heavy atom. The molecule has 1 atom stereocenters. The molecule has 3 heteroatoms. The number of benzene rings is 2. The number of halogens is 1. The molecule has 0 aromatic heterocycles. The molecule has 0 fully saturated rings. The zero-order valence-electron chi connectivity index (χ0n) is 12.6. The minimum Gasteiger partial charge on any atom is -0.487 e. The topological polar surface area (TPSA) is 21.3 Å². The van der Waals surface area contributed by atoms with Gasteiger partial charge in [0, 0.05) is 6.54 Å². The molecule has 0 amide bonds. The van der Waals surface area contributed by atoms with Crippen LogP contribution in [0.3, 0.4) is 0 Å². The second-order valence-corrected chi connectivity index (χ2v) is 5.58. The average Bonchev–Trinajstić information content (AvgIpc) is 2.52. The summed E-state index contributed by atoms with van der Waals surface area (Å²) in [4.78, 5) is 0. The van der Waals surface area contributed by atoms with Crippen LogP contribution in [-0.4, -0.2) is 13.1 Å². The lowest BCUT2D eigenvalue weighted by molar-refractivity contribution is 0.306. The van der Waals surface area contributed by atoms with E-state index in [-0.39, 0.29) is 0 Å². The second-order valence-electron chi connectivity index (χ2n) is 5.17. The van der Waals surface area contributed by atoms with Crippen molar-refractivity contribution in [2.75, 3.05) is 13.1 Å². The molecule has 0 saturated heterocycles. The number of para-hydroxylation sites is 1. The Morgan fingerprint density at radius 1 is 1.10 bits per heavy atom. The number of ether oxygens (including phenoxy) is 1. The first-order valence-corrected chi connectivity index (χ1v) is 7.75. The molecule has 0 aliphatic rings. The highest BCUT2D eigenvalue weighted by atomic mass is 35.5. The smallest absolute Gasteiger partial charge is 0.138 e. The van der Waals surface area contributed by atoms with Crippen LogP contribution in [0, 0.1) is 0 Å². The molecular weight excluding hydrogens is 282 g/mol.